The van der Waals surface area contributed by atoms with Crippen LogP contribution >= 0.6 is 12.2 Å². The first-order valence-corrected chi connectivity index (χ1v) is 8.54. The van der Waals surface area contributed by atoms with Crippen molar-refractivity contribution in [1.29, 1.82) is 0 Å². The summed E-state index contributed by atoms with van der Waals surface area (Å²) in [7, 11) is 5.21. The normalized spacial score (nSPS) is 10.9. The van der Waals surface area contributed by atoms with Crippen molar-refractivity contribution in [3.63, 3.8) is 0 Å². The Bertz CT molecular complexity index is 921. The van der Waals surface area contributed by atoms with Crippen molar-refractivity contribution in [2.45, 2.75) is 13.2 Å². The molecular formula is C19H21N3O3S. The summed E-state index contributed by atoms with van der Waals surface area (Å²) in [5.74, 6) is 1.74. The molecule has 6 nitrogen and oxygen atoms in total. The molecule has 0 N–H and O–H groups in total. The molecular weight excluding hydrogens is 350 g/mol. The van der Waals surface area contributed by atoms with Crippen molar-refractivity contribution < 1.29 is 13.9 Å². The van der Waals surface area contributed by atoms with E-state index in [1.54, 1.807) is 25.0 Å². The SMILES string of the molecule is COc1ccc(-c2nn(CN(C)Cc3ccccc3)c(=S)o2)c(OC)c1. The molecule has 3 aromatic rings. The summed E-state index contributed by atoms with van der Waals surface area (Å²) < 4.78 is 18.0. The number of methoxy groups -OCH3 is 2. The van der Waals surface area contributed by atoms with Gasteiger partial charge in [0.15, 0.2) is 0 Å². The van der Waals surface area contributed by atoms with Crippen molar-refractivity contribution in [2.24, 2.45) is 0 Å². The average Bonchev–Trinajstić information content (AvgIpc) is 3.02. The molecule has 7 heteroatoms. The van der Waals surface area contributed by atoms with Gasteiger partial charge < -0.3 is 13.9 Å². The second kappa shape index (κ2) is 8.16. The molecule has 2 aromatic carbocycles. The summed E-state index contributed by atoms with van der Waals surface area (Å²) in [4.78, 5) is 2.43. The number of hydrogen-bond acceptors (Lipinski definition) is 6. The predicted octanol–water partition coefficient (Wildman–Crippen LogP) is 3.98. The Labute approximate surface area is 157 Å². The van der Waals surface area contributed by atoms with Crippen LogP contribution < -0.4 is 9.47 Å². The summed E-state index contributed by atoms with van der Waals surface area (Å²) in [6.45, 7) is 1.31. The third-order valence-electron chi connectivity index (χ3n) is 3.92. The van der Waals surface area contributed by atoms with Crippen LogP contribution in [0.15, 0.2) is 52.9 Å². The van der Waals surface area contributed by atoms with Gasteiger partial charge in [0.1, 0.15) is 11.5 Å². The molecule has 3 rings (SSSR count). The molecule has 136 valence electrons. The topological polar surface area (TPSA) is 52.7 Å². The van der Waals surface area contributed by atoms with E-state index in [1.165, 1.54) is 5.56 Å². The summed E-state index contributed by atoms with van der Waals surface area (Å²) >= 11 is 5.33. The van der Waals surface area contributed by atoms with Gasteiger partial charge in [0.2, 0.25) is 0 Å². The third-order valence-corrected chi connectivity index (χ3v) is 4.21. The summed E-state index contributed by atoms with van der Waals surface area (Å²) in [5, 5.41) is 4.51. The largest absolute Gasteiger partial charge is 0.497 e. The fourth-order valence-electron chi connectivity index (χ4n) is 2.65. The number of hydrogen-bond donors (Lipinski definition) is 0. The molecule has 0 unspecified atom stereocenters. The van der Waals surface area contributed by atoms with Crippen molar-refractivity contribution in [3.05, 3.63) is 58.9 Å². The van der Waals surface area contributed by atoms with E-state index in [4.69, 9.17) is 26.1 Å². The third kappa shape index (κ3) is 4.12. The molecule has 0 radical (unpaired) electrons. The molecule has 0 atom stereocenters. The van der Waals surface area contributed by atoms with E-state index in [0.29, 0.717) is 28.9 Å². The summed E-state index contributed by atoms with van der Waals surface area (Å²) in [6.07, 6.45) is 0. The lowest BCUT2D eigenvalue weighted by atomic mass is 10.2. The van der Waals surface area contributed by atoms with Gasteiger partial charge >= 0.3 is 0 Å². The maximum absolute atomic E-state index is 5.69. The van der Waals surface area contributed by atoms with Gasteiger partial charge in [-0.05, 0) is 37.0 Å². The highest BCUT2D eigenvalue weighted by molar-refractivity contribution is 7.71. The molecule has 0 bridgehead atoms. The quantitative estimate of drug-likeness (QED) is 0.586. The van der Waals surface area contributed by atoms with Crippen LogP contribution in [-0.4, -0.2) is 35.9 Å². The van der Waals surface area contributed by atoms with E-state index in [2.05, 4.69) is 22.1 Å². The van der Waals surface area contributed by atoms with Crippen molar-refractivity contribution >= 4 is 12.2 Å². The van der Waals surface area contributed by atoms with E-state index in [1.807, 2.05) is 37.4 Å². The zero-order valence-electron chi connectivity index (χ0n) is 15.0. The van der Waals surface area contributed by atoms with Crippen LogP contribution in [0.5, 0.6) is 11.5 Å². The standard InChI is InChI=1S/C19H21N3O3S/c1-21(12-14-7-5-4-6-8-14)13-22-19(26)25-18(20-22)16-10-9-15(23-2)11-17(16)24-3/h4-11H,12-13H2,1-3H3. The number of aromatic nitrogens is 2. The average molecular weight is 371 g/mol. The van der Waals surface area contributed by atoms with E-state index in [-0.39, 0.29) is 0 Å². The Morgan fingerprint density at radius 1 is 1.12 bits per heavy atom. The molecule has 0 spiro atoms. The molecule has 0 saturated carbocycles. The van der Waals surface area contributed by atoms with E-state index >= 15 is 0 Å². The Morgan fingerprint density at radius 3 is 2.58 bits per heavy atom. The lowest BCUT2D eigenvalue weighted by Crippen LogP contribution is -2.22. The van der Waals surface area contributed by atoms with E-state index in [0.717, 1.165) is 12.1 Å². The minimum Gasteiger partial charge on any atom is -0.497 e. The van der Waals surface area contributed by atoms with E-state index in [9.17, 15) is 0 Å². The molecule has 0 aliphatic rings. The molecule has 0 amide bonds. The Hall–Kier alpha value is -2.64. The zero-order chi connectivity index (χ0) is 18.5. The first kappa shape index (κ1) is 18.2. The smallest absolute Gasteiger partial charge is 0.288 e. The van der Waals surface area contributed by atoms with Crippen LogP contribution in [0.2, 0.25) is 0 Å². The second-order valence-corrected chi connectivity index (χ2v) is 6.23. The van der Waals surface area contributed by atoms with Gasteiger partial charge in [0.05, 0.1) is 26.5 Å². The minimum atomic E-state index is 0.317. The molecule has 0 saturated heterocycles. The Kier molecular flexibility index (Phi) is 5.70. The highest BCUT2D eigenvalue weighted by Crippen LogP contribution is 2.32. The van der Waals surface area contributed by atoms with Crippen LogP contribution in [0.1, 0.15) is 5.56 Å². The molecule has 0 fully saturated rings. The fourth-order valence-corrected chi connectivity index (χ4v) is 2.83. The maximum Gasteiger partial charge on any atom is 0.288 e. The zero-order valence-corrected chi connectivity index (χ0v) is 15.8. The van der Waals surface area contributed by atoms with E-state index < -0.39 is 0 Å². The number of benzene rings is 2. The number of nitrogens with zero attached hydrogens (tertiary/aromatic N) is 3. The first-order chi connectivity index (χ1) is 12.6. The summed E-state index contributed by atoms with van der Waals surface area (Å²) in [5.41, 5.74) is 1.95. The second-order valence-electron chi connectivity index (χ2n) is 5.88. The molecule has 0 aliphatic heterocycles. The van der Waals surface area contributed by atoms with Gasteiger partial charge in [-0.3, -0.25) is 4.90 Å². The highest BCUT2D eigenvalue weighted by Gasteiger charge is 2.15. The van der Waals surface area contributed by atoms with Crippen LogP contribution in [0.25, 0.3) is 11.5 Å². The van der Waals surface area contributed by atoms with Gasteiger partial charge in [0, 0.05) is 12.6 Å². The van der Waals surface area contributed by atoms with Crippen LogP contribution in [0, 0.1) is 4.84 Å². The minimum absolute atomic E-state index is 0.317. The Balaban J connectivity index is 1.80. The predicted molar refractivity (Wildman–Crippen MR) is 102 cm³/mol. The van der Waals surface area contributed by atoms with Crippen molar-refractivity contribution in [3.8, 4) is 23.0 Å². The van der Waals surface area contributed by atoms with Gasteiger partial charge in [0.25, 0.3) is 10.7 Å². The molecule has 26 heavy (non-hydrogen) atoms. The molecule has 1 aromatic heterocycles. The first-order valence-electron chi connectivity index (χ1n) is 8.13. The number of rotatable bonds is 7. The monoisotopic (exact) mass is 371 g/mol. The lowest BCUT2D eigenvalue weighted by Gasteiger charge is -2.15. The highest BCUT2D eigenvalue weighted by atomic mass is 32.1. The van der Waals surface area contributed by atoms with Crippen molar-refractivity contribution in [2.75, 3.05) is 21.3 Å². The summed E-state index contributed by atoms with van der Waals surface area (Å²) in [6, 6.07) is 15.7. The van der Waals surface area contributed by atoms with Crippen LogP contribution in [-0.2, 0) is 13.2 Å². The molecule has 1 heterocycles. The fraction of sp³-hybridized carbons (Fsp3) is 0.263. The van der Waals surface area contributed by atoms with Gasteiger partial charge in [-0.1, -0.05) is 30.3 Å². The van der Waals surface area contributed by atoms with Gasteiger partial charge in [-0.25, -0.2) is 4.68 Å². The number of ether oxygens (including phenoxy) is 2. The maximum atomic E-state index is 5.69. The van der Waals surface area contributed by atoms with Crippen LogP contribution in [0.3, 0.4) is 0 Å². The van der Waals surface area contributed by atoms with Gasteiger partial charge in [-0.15, -0.1) is 5.10 Å². The Morgan fingerprint density at radius 2 is 1.88 bits per heavy atom. The van der Waals surface area contributed by atoms with Gasteiger partial charge in [-0.2, -0.15) is 0 Å². The molecule has 0 aliphatic carbocycles. The lowest BCUT2D eigenvalue weighted by molar-refractivity contribution is 0.240. The van der Waals surface area contributed by atoms with Crippen LogP contribution in [0.4, 0.5) is 0 Å². The van der Waals surface area contributed by atoms with Crippen molar-refractivity contribution in [1.82, 2.24) is 14.7 Å².